The van der Waals surface area contributed by atoms with E-state index in [0.717, 1.165) is 10.0 Å². The second kappa shape index (κ2) is 8.05. The molecule has 0 aliphatic heterocycles. The summed E-state index contributed by atoms with van der Waals surface area (Å²) in [7, 11) is 1.60. The number of carbonyl (C=O) groups excluding carboxylic acids is 1. The number of methoxy groups -OCH3 is 1. The van der Waals surface area contributed by atoms with Crippen molar-refractivity contribution >= 4 is 21.8 Å². The van der Waals surface area contributed by atoms with Crippen molar-refractivity contribution in [2.75, 3.05) is 13.7 Å². The third-order valence-electron chi connectivity index (χ3n) is 2.96. The van der Waals surface area contributed by atoms with Gasteiger partial charge in [-0.25, -0.2) is 0 Å². The molecule has 118 valence electrons. The highest BCUT2D eigenvalue weighted by Crippen LogP contribution is 2.19. The maximum atomic E-state index is 11.8. The fraction of sp³-hybridized carbons (Fsp3) is 0.400. The summed E-state index contributed by atoms with van der Waals surface area (Å²) in [6.45, 7) is 2.37. The van der Waals surface area contributed by atoms with E-state index in [1.165, 1.54) is 0 Å². The second-order valence-corrected chi connectivity index (χ2v) is 5.86. The van der Waals surface area contributed by atoms with Gasteiger partial charge in [0.1, 0.15) is 0 Å². The SMILES string of the molecule is COC[C@H](C)NC(=O)CCc1nc(-c2ccc(Br)cc2)no1. The van der Waals surface area contributed by atoms with Crippen LogP contribution >= 0.6 is 15.9 Å². The fourth-order valence-electron chi connectivity index (χ4n) is 1.93. The number of nitrogens with zero attached hydrogens (tertiary/aromatic N) is 2. The highest BCUT2D eigenvalue weighted by molar-refractivity contribution is 9.10. The van der Waals surface area contributed by atoms with Gasteiger partial charge >= 0.3 is 0 Å². The maximum absolute atomic E-state index is 11.8. The summed E-state index contributed by atoms with van der Waals surface area (Å²) >= 11 is 3.38. The van der Waals surface area contributed by atoms with Crippen molar-refractivity contribution in [2.24, 2.45) is 0 Å². The standard InChI is InChI=1S/C15H18BrN3O3/c1-10(9-21-2)17-13(20)7-8-14-18-15(19-22-14)11-3-5-12(16)6-4-11/h3-6,10H,7-9H2,1-2H3,(H,17,20)/t10-/m0/s1. The monoisotopic (exact) mass is 367 g/mol. The molecule has 1 N–H and O–H groups in total. The summed E-state index contributed by atoms with van der Waals surface area (Å²) < 4.78 is 11.1. The highest BCUT2D eigenvalue weighted by Gasteiger charge is 2.12. The van der Waals surface area contributed by atoms with Crippen LogP contribution in [-0.4, -0.2) is 35.8 Å². The van der Waals surface area contributed by atoms with Crippen LogP contribution in [0.5, 0.6) is 0 Å². The van der Waals surface area contributed by atoms with E-state index in [2.05, 4.69) is 31.4 Å². The number of ether oxygens (including phenoxy) is 1. The van der Waals surface area contributed by atoms with Gasteiger partial charge in [-0.05, 0) is 31.2 Å². The minimum absolute atomic E-state index is 0.0153. The zero-order valence-electron chi connectivity index (χ0n) is 12.5. The number of amides is 1. The number of aromatic nitrogens is 2. The van der Waals surface area contributed by atoms with E-state index in [1.807, 2.05) is 31.2 Å². The topological polar surface area (TPSA) is 77.2 Å². The van der Waals surface area contributed by atoms with Crippen molar-refractivity contribution in [3.63, 3.8) is 0 Å². The molecule has 0 saturated heterocycles. The van der Waals surface area contributed by atoms with Gasteiger partial charge in [0.15, 0.2) is 0 Å². The summed E-state index contributed by atoms with van der Waals surface area (Å²) in [5, 5.41) is 6.77. The van der Waals surface area contributed by atoms with E-state index >= 15 is 0 Å². The van der Waals surface area contributed by atoms with E-state index in [9.17, 15) is 4.79 Å². The molecule has 0 saturated carbocycles. The van der Waals surface area contributed by atoms with Crippen LogP contribution in [0.4, 0.5) is 0 Å². The zero-order chi connectivity index (χ0) is 15.9. The van der Waals surface area contributed by atoms with Crippen LogP contribution < -0.4 is 5.32 Å². The van der Waals surface area contributed by atoms with Gasteiger partial charge in [0, 0.05) is 36.0 Å². The number of carbonyl (C=O) groups is 1. The second-order valence-electron chi connectivity index (χ2n) is 4.94. The van der Waals surface area contributed by atoms with Gasteiger partial charge in [0.25, 0.3) is 0 Å². The van der Waals surface area contributed by atoms with Crippen LogP contribution in [0.3, 0.4) is 0 Å². The zero-order valence-corrected chi connectivity index (χ0v) is 14.1. The lowest BCUT2D eigenvalue weighted by Gasteiger charge is -2.11. The molecule has 7 heteroatoms. The molecule has 2 rings (SSSR count). The number of halogens is 1. The van der Waals surface area contributed by atoms with Crippen molar-refractivity contribution in [1.29, 1.82) is 0 Å². The van der Waals surface area contributed by atoms with Crippen LogP contribution in [0.2, 0.25) is 0 Å². The summed E-state index contributed by atoms with van der Waals surface area (Å²) in [5.41, 5.74) is 0.872. The molecule has 6 nitrogen and oxygen atoms in total. The smallest absolute Gasteiger partial charge is 0.227 e. The van der Waals surface area contributed by atoms with Gasteiger partial charge in [0.05, 0.1) is 6.61 Å². The number of hydrogen-bond donors (Lipinski definition) is 1. The molecule has 0 fully saturated rings. The van der Waals surface area contributed by atoms with E-state index in [1.54, 1.807) is 7.11 Å². The quantitative estimate of drug-likeness (QED) is 0.813. The summed E-state index contributed by atoms with van der Waals surface area (Å²) in [6, 6.07) is 7.61. The molecule has 0 unspecified atom stereocenters. The van der Waals surface area contributed by atoms with E-state index in [4.69, 9.17) is 9.26 Å². The molecule has 0 spiro atoms. The molecular weight excluding hydrogens is 350 g/mol. The Balaban J connectivity index is 1.87. The van der Waals surface area contributed by atoms with Crippen LogP contribution in [0, 0.1) is 0 Å². The summed E-state index contributed by atoms with van der Waals surface area (Å²) in [4.78, 5) is 16.1. The van der Waals surface area contributed by atoms with Gasteiger partial charge in [-0.3, -0.25) is 4.79 Å². The summed E-state index contributed by atoms with van der Waals surface area (Å²) in [6.07, 6.45) is 0.713. The number of benzene rings is 1. The number of aryl methyl sites for hydroxylation is 1. The molecule has 0 aliphatic carbocycles. The molecule has 1 heterocycles. The van der Waals surface area contributed by atoms with Crippen LogP contribution in [0.15, 0.2) is 33.3 Å². The van der Waals surface area contributed by atoms with Gasteiger partial charge in [-0.1, -0.05) is 21.1 Å². The van der Waals surface area contributed by atoms with Crippen LogP contribution in [0.25, 0.3) is 11.4 Å². The van der Waals surface area contributed by atoms with E-state index < -0.39 is 0 Å². The van der Waals surface area contributed by atoms with Gasteiger partial charge in [-0.15, -0.1) is 0 Å². The minimum atomic E-state index is -0.0621. The molecule has 0 aliphatic rings. The van der Waals surface area contributed by atoms with Crippen LogP contribution in [0.1, 0.15) is 19.2 Å². The first-order valence-electron chi connectivity index (χ1n) is 6.95. The molecule has 1 amide bonds. The molecule has 1 atom stereocenters. The third kappa shape index (κ3) is 4.92. The average molecular weight is 368 g/mol. The maximum Gasteiger partial charge on any atom is 0.227 e. The normalized spacial score (nSPS) is 12.1. The van der Waals surface area contributed by atoms with E-state index in [-0.39, 0.29) is 11.9 Å². The number of rotatable bonds is 7. The number of nitrogens with one attached hydrogen (secondary N) is 1. The predicted molar refractivity (Wildman–Crippen MR) is 85.2 cm³/mol. The first kappa shape index (κ1) is 16.6. The predicted octanol–water partition coefficient (Wildman–Crippen LogP) is 2.58. The number of hydrogen-bond acceptors (Lipinski definition) is 5. The fourth-order valence-corrected chi connectivity index (χ4v) is 2.20. The van der Waals surface area contributed by atoms with Crippen molar-refractivity contribution in [1.82, 2.24) is 15.5 Å². The lowest BCUT2D eigenvalue weighted by Crippen LogP contribution is -2.35. The van der Waals surface area contributed by atoms with E-state index in [0.29, 0.717) is 31.2 Å². The lowest BCUT2D eigenvalue weighted by atomic mass is 10.2. The molecular formula is C15H18BrN3O3. The Kier molecular flexibility index (Phi) is 6.09. The van der Waals surface area contributed by atoms with Gasteiger partial charge in [0.2, 0.25) is 17.6 Å². The molecule has 1 aromatic carbocycles. The molecule has 1 aromatic heterocycles. The molecule has 0 radical (unpaired) electrons. The Bertz CT molecular complexity index is 613. The van der Waals surface area contributed by atoms with Crippen molar-refractivity contribution in [2.45, 2.75) is 25.8 Å². The molecule has 22 heavy (non-hydrogen) atoms. The summed E-state index contributed by atoms with van der Waals surface area (Å²) in [5.74, 6) is 0.913. The Morgan fingerprint density at radius 2 is 2.14 bits per heavy atom. The largest absolute Gasteiger partial charge is 0.383 e. The van der Waals surface area contributed by atoms with Crippen molar-refractivity contribution < 1.29 is 14.1 Å². The Hall–Kier alpha value is -1.73. The van der Waals surface area contributed by atoms with Gasteiger partial charge in [-0.2, -0.15) is 4.98 Å². The van der Waals surface area contributed by atoms with Crippen molar-refractivity contribution in [3.05, 3.63) is 34.6 Å². The van der Waals surface area contributed by atoms with Crippen LogP contribution in [-0.2, 0) is 16.0 Å². The molecule has 0 bridgehead atoms. The Morgan fingerprint density at radius 1 is 1.41 bits per heavy atom. The lowest BCUT2D eigenvalue weighted by molar-refractivity contribution is -0.122. The Morgan fingerprint density at radius 3 is 2.82 bits per heavy atom. The average Bonchev–Trinajstić information content (AvgIpc) is 2.95. The first-order chi connectivity index (χ1) is 10.6. The Labute approximate surface area is 137 Å². The van der Waals surface area contributed by atoms with Crippen molar-refractivity contribution in [3.8, 4) is 11.4 Å². The first-order valence-corrected chi connectivity index (χ1v) is 7.74. The third-order valence-corrected chi connectivity index (χ3v) is 3.49. The molecule has 2 aromatic rings. The van der Waals surface area contributed by atoms with Gasteiger partial charge < -0.3 is 14.6 Å². The highest BCUT2D eigenvalue weighted by atomic mass is 79.9. The minimum Gasteiger partial charge on any atom is -0.383 e.